The molecule has 0 spiro atoms. The zero-order chi connectivity index (χ0) is 15.0. The summed E-state index contributed by atoms with van der Waals surface area (Å²) in [6.45, 7) is 1.99. The molecule has 21 heavy (non-hydrogen) atoms. The highest BCUT2D eigenvalue weighted by atomic mass is 35.5. The molecule has 0 radical (unpaired) electrons. The van der Waals surface area contributed by atoms with Crippen LogP contribution in [0.4, 0.5) is 0 Å². The first-order valence-electron chi connectivity index (χ1n) is 6.40. The first-order valence-corrected chi connectivity index (χ1v) is 6.78. The van der Waals surface area contributed by atoms with Gasteiger partial charge in [0.05, 0.1) is 10.6 Å². The maximum absolute atomic E-state index is 11.2. The zero-order valence-corrected chi connectivity index (χ0v) is 11.9. The molecule has 1 unspecified atom stereocenters. The van der Waals surface area contributed by atoms with E-state index in [1.54, 1.807) is 4.40 Å². The van der Waals surface area contributed by atoms with Crippen LogP contribution in [0.15, 0.2) is 42.6 Å². The van der Waals surface area contributed by atoms with Crippen molar-refractivity contribution in [3.05, 3.63) is 64.6 Å². The maximum atomic E-state index is 11.2. The predicted molar refractivity (Wildman–Crippen MR) is 78.9 cm³/mol. The van der Waals surface area contributed by atoms with Crippen LogP contribution < -0.4 is 0 Å². The number of benzene rings is 1. The number of aromatic carboxylic acids is 1. The maximum Gasteiger partial charge on any atom is 0.337 e. The van der Waals surface area contributed by atoms with Crippen LogP contribution in [0.25, 0.3) is 5.65 Å². The third-order valence-electron chi connectivity index (χ3n) is 3.42. The molecular formula is C15H12ClN3O2. The number of halogens is 1. The second-order valence-electron chi connectivity index (χ2n) is 4.77. The minimum atomic E-state index is -1.04. The number of hydrogen-bond acceptors (Lipinski definition) is 3. The van der Waals surface area contributed by atoms with Gasteiger partial charge in [0, 0.05) is 12.1 Å². The number of carboxylic acid groups (broad SMARTS) is 1. The van der Waals surface area contributed by atoms with Gasteiger partial charge >= 0.3 is 5.97 Å². The van der Waals surface area contributed by atoms with Gasteiger partial charge in [0.2, 0.25) is 0 Å². The molecule has 0 amide bonds. The summed E-state index contributed by atoms with van der Waals surface area (Å²) < 4.78 is 1.64. The van der Waals surface area contributed by atoms with Gasteiger partial charge in [-0.3, -0.25) is 4.40 Å². The van der Waals surface area contributed by atoms with E-state index in [1.807, 2.05) is 37.3 Å². The standard InChI is InChI=1S/C15H12ClN3O2/c1-9(10-5-3-2-4-6-10)13-17-18-14-12(16)7-11(15(20)21)8-19(13)14/h2-9H,1H3,(H,20,21). The molecule has 1 aromatic carbocycles. The van der Waals surface area contributed by atoms with E-state index in [-0.39, 0.29) is 16.5 Å². The van der Waals surface area contributed by atoms with Gasteiger partial charge in [-0.1, -0.05) is 48.9 Å². The lowest BCUT2D eigenvalue weighted by atomic mass is 10.0. The van der Waals surface area contributed by atoms with Crippen LogP contribution in [0.1, 0.15) is 34.6 Å². The minimum Gasteiger partial charge on any atom is -0.478 e. The minimum absolute atomic E-state index is 0.0266. The Morgan fingerprint density at radius 2 is 2.00 bits per heavy atom. The topological polar surface area (TPSA) is 67.5 Å². The molecule has 0 fully saturated rings. The van der Waals surface area contributed by atoms with Crippen molar-refractivity contribution < 1.29 is 9.90 Å². The van der Waals surface area contributed by atoms with Gasteiger partial charge in [0.15, 0.2) is 5.65 Å². The largest absolute Gasteiger partial charge is 0.478 e. The molecule has 0 saturated heterocycles. The third kappa shape index (κ3) is 2.36. The van der Waals surface area contributed by atoms with Crippen molar-refractivity contribution in [3.63, 3.8) is 0 Å². The molecule has 3 aromatic rings. The van der Waals surface area contributed by atoms with Gasteiger partial charge in [-0.15, -0.1) is 10.2 Å². The summed E-state index contributed by atoms with van der Waals surface area (Å²) in [5.74, 6) is -0.409. The summed E-state index contributed by atoms with van der Waals surface area (Å²) in [5, 5.41) is 17.6. The van der Waals surface area contributed by atoms with Gasteiger partial charge in [-0.25, -0.2) is 4.79 Å². The summed E-state index contributed by atoms with van der Waals surface area (Å²) in [6.07, 6.45) is 1.50. The van der Waals surface area contributed by atoms with Crippen LogP contribution in [0.2, 0.25) is 5.02 Å². The molecule has 2 heterocycles. The van der Waals surface area contributed by atoms with Crippen molar-refractivity contribution in [2.24, 2.45) is 0 Å². The Bertz CT molecular complexity index is 814. The Morgan fingerprint density at radius 1 is 1.29 bits per heavy atom. The summed E-state index contributed by atoms with van der Waals surface area (Å²) in [6, 6.07) is 11.2. The number of carboxylic acids is 1. The number of nitrogens with zero attached hydrogens (tertiary/aromatic N) is 3. The number of hydrogen-bond donors (Lipinski definition) is 1. The third-order valence-corrected chi connectivity index (χ3v) is 3.70. The van der Waals surface area contributed by atoms with Gasteiger partial charge in [0.25, 0.3) is 0 Å². The van der Waals surface area contributed by atoms with Crippen LogP contribution in [0.3, 0.4) is 0 Å². The van der Waals surface area contributed by atoms with Gasteiger partial charge in [-0.2, -0.15) is 0 Å². The highest BCUT2D eigenvalue weighted by Crippen LogP contribution is 2.26. The predicted octanol–water partition coefficient (Wildman–Crippen LogP) is 3.23. The Balaban J connectivity index is 2.17. The second-order valence-corrected chi connectivity index (χ2v) is 5.17. The molecule has 0 aliphatic rings. The number of rotatable bonds is 3. The summed E-state index contributed by atoms with van der Waals surface area (Å²) in [4.78, 5) is 11.2. The first-order chi connectivity index (χ1) is 10.1. The van der Waals surface area contributed by atoms with E-state index >= 15 is 0 Å². The normalized spacial score (nSPS) is 12.5. The highest BCUT2D eigenvalue weighted by Gasteiger charge is 2.18. The van der Waals surface area contributed by atoms with Crippen LogP contribution in [0, 0.1) is 0 Å². The van der Waals surface area contributed by atoms with Gasteiger partial charge < -0.3 is 5.11 Å². The molecule has 0 saturated carbocycles. The lowest BCUT2D eigenvalue weighted by Crippen LogP contribution is -2.05. The van der Waals surface area contributed by atoms with E-state index < -0.39 is 5.97 Å². The molecule has 2 aromatic heterocycles. The molecular weight excluding hydrogens is 290 g/mol. The SMILES string of the molecule is CC(c1ccccc1)c1nnc2c(Cl)cc(C(=O)O)cn12. The van der Waals surface area contributed by atoms with Crippen molar-refractivity contribution in [1.29, 1.82) is 0 Å². The van der Waals surface area contributed by atoms with E-state index in [4.69, 9.17) is 16.7 Å². The average Bonchev–Trinajstić information content (AvgIpc) is 2.91. The molecule has 0 bridgehead atoms. The Kier molecular flexibility index (Phi) is 3.35. The lowest BCUT2D eigenvalue weighted by Gasteiger charge is -2.10. The summed E-state index contributed by atoms with van der Waals surface area (Å²) >= 11 is 6.08. The van der Waals surface area contributed by atoms with Crippen molar-refractivity contribution in [2.75, 3.05) is 0 Å². The molecule has 0 aliphatic heterocycles. The van der Waals surface area contributed by atoms with E-state index in [0.717, 1.165) is 5.56 Å². The highest BCUT2D eigenvalue weighted by molar-refractivity contribution is 6.33. The zero-order valence-electron chi connectivity index (χ0n) is 11.2. The monoisotopic (exact) mass is 301 g/mol. The molecule has 3 rings (SSSR count). The molecule has 5 nitrogen and oxygen atoms in total. The van der Waals surface area contributed by atoms with Crippen molar-refractivity contribution in [1.82, 2.24) is 14.6 Å². The Labute approximate surface area is 125 Å². The van der Waals surface area contributed by atoms with Crippen molar-refractivity contribution in [3.8, 4) is 0 Å². The summed E-state index contributed by atoms with van der Waals surface area (Å²) in [7, 11) is 0. The number of fused-ring (bicyclic) bond motifs is 1. The van der Waals surface area contributed by atoms with Gasteiger partial charge in [-0.05, 0) is 11.6 Å². The number of carbonyl (C=O) groups is 1. The molecule has 6 heteroatoms. The lowest BCUT2D eigenvalue weighted by molar-refractivity contribution is 0.0696. The molecule has 1 atom stereocenters. The smallest absolute Gasteiger partial charge is 0.337 e. The second kappa shape index (κ2) is 5.18. The van der Waals surface area contributed by atoms with E-state index in [0.29, 0.717) is 11.5 Å². The van der Waals surface area contributed by atoms with Crippen molar-refractivity contribution >= 4 is 23.2 Å². The molecule has 1 N–H and O–H groups in total. The van der Waals surface area contributed by atoms with Crippen LogP contribution in [0.5, 0.6) is 0 Å². The fraction of sp³-hybridized carbons (Fsp3) is 0.133. The van der Waals surface area contributed by atoms with Gasteiger partial charge in [0.1, 0.15) is 5.82 Å². The Hall–Kier alpha value is -2.40. The van der Waals surface area contributed by atoms with Crippen LogP contribution in [-0.4, -0.2) is 25.7 Å². The van der Waals surface area contributed by atoms with Crippen LogP contribution in [-0.2, 0) is 0 Å². The Morgan fingerprint density at radius 3 is 2.67 bits per heavy atom. The van der Waals surface area contributed by atoms with E-state index in [2.05, 4.69) is 10.2 Å². The average molecular weight is 302 g/mol. The fourth-order valence-electron chi connectivity index (χ4n) is 2.27. The molecule has 0 aliphatic carbocycles. The van der Waals surface area contributed by atoms with Crippen molar-refractivity contribution in [2.45, 2.75) is 12.8 Å². The van der Waals surface area contributed by atoms with E-state index in [9.17, 15) is 4.79 Å². The van der Waals surface area contributed by atoms with Crippen LogP contribution >= 0.6 is 11.6 Å². The fourth-order valence-corrected chi connectivity index (χ4v) is 2.52. The number of aromatic nitrogens is 3. The quantitative estimate of drug-likeness (QED) is 0.806. The first kappa shape index (κ1) is 13.6. The molecule has 106 valence electrons. The summed E-state index contributed by atoms with van der Waals surface area (Å²) in [5.41, 5.74) is 1.64. The number of pyridine rings is 1. The van der Waals surface area contributed by atoms with E-state index in [1.165, 1.54) is 12.3 Å².